The number of benzene rings is 1. The van der Waals surface area contributed by atoms with E-state index in [-0.39, 0.29) is 23.3 Å². The van der Waals surface area contributed by atoms with Crippen LogP contribution >= 0.6 is 15.9 Å². The molecule has 1 aromatic carbocycles. The first kappa shape index (κ1) is 20.4. The van der Waals surface area contributed by atoms with Crippen molar-refractivity contribution >= 4 is 39.0 Å². The van der Waals surface area contributed by atoms with Gasteiger partial charge in [-0.15, -0.1) is 0 Å². The molecule has 9 nitrogen and oxygen atoms in total. The van der Waals surface area contributed by atoms with Gasteiger partial charge in [0, 0.05) is 13.3 Å². The number of carbonyl (C=O) groups excluding carboxylic acids is 2. The van der Waals surface area contributed by atoms with Gasteiger partial charge in [-0.1, -0.05) is 18.2 Å². The molecule has 0 bridgehead atoms. The Morgan fingerprint density at radius 1 is 1.30 bits per heavy atom. The molecule has 3 heterocycles. The Kier molecular flexibility index (Phi) is 5.73. The van der Waals surface area contributed by atoms with E-state index in [0.717, 1.165) is 0 Å². The number of carbonyl (C=O) groups is 2. The van der Waals surface area contributed by atoms with Crippen LogP contribution in [0.4, 0.5) is 4.39 Å². The van der Waals surface area contributed by atoms with Crippen LogP contribution in [-0.2, 0) is 19.0 Å². The van der Waals surface area contributed by atoms with E-state index in [1.54, 1.807) is 30.3 Å². The van der Waals surface area contributed by atoms with Crippen molar-refractivity contribution in [2.24, 2.45) is 0 Å². The Morgan fingerprint density at radius 3 is 2.80 bits per heavy atom. The van der Waals surface area contributed by atoms with Crippen LogP contribution in [0.5, 0.6) is 0 Å². The van der Waals surface area contributed by atoms with E-state index >= 15 is 0 Å². The molecule has 2 aromatic heterocycles. The topological polar surface area (TPSA) is 105 Å². The molecule has 1 fully saturated rings. The Hall–Kier alpha value is -2.92. The smallest absolute Gasteiger partial charge is 0.338 e. The lowest BCUT2D eigenvalue weighted by Crippen LogP contribution is -2.24. The molecule has 0 radical (unpaired) electrons. The average Bonchev–Trinajstić information content (AvgIpc) is 3.30. The molecule has 0 amide bonds. The van der Waals surface area contributed by atoms with Gasteiger partial charge in [-0.2, -0.15) is 14.4 Å². The van der Waals surface area contributed by atoms with Gasteiger partial charge in [0.2, 0.25) is 0 Å². The lowest BCUT2D eigenvalue weighted by atomic mass is 10.2. The second kappa shape index (κ2) is 8.44. The van der Waals surface area contributed by atoms with E-state index in [4.69, 9.17) is 14.2 Å². The van der Waals surface area contributed by atoms with Crippen molar-refractivity contribution in [3.05, 3.63) is 52.9 Å². The Bertz CT molecular complexity index is 1090. The minimum Gasteiger partial charge on any atom is -0.459 e. The maximum Gasteiger partial charge on any atom is 0.338 e. The zero-order chi connectivity index (χ0) is 21.3. The van der Waals surface area contributed by atoms with Gasteiger partial charge in [0.25, 0.3) is 0 Å². The molecule has 1 aliphatic heterocycles. The van der Waals surface area contributed by atoms with Crippen molar-refractivity contribution in [1.82, 2.24) is 19.5 Å². The van der Waals surface area contributed by atoms with Gasteiger partial charge >= 0.3 is 18.0 Å². The Morgan fingerprint density at radius 2 is 2.07 bits per heavy atom. The highest BCUT2D eigenvalue weighted by Crippen LogP contribution is 2.34. The van der Waals surface area contributed by atoms with Crippen LogP contribution in [0.3, 0.4) is 0 Å². The number of hydrogen-bond acceptors (Lipinski definition) is 8. The number of aromatic nitrogens is 4. The summed E-state index contributed by atoms with van der Waals surface area (Å²) < 4.78 is 32.1. The van der Waals surface area contributed by atoms with Crippen molar-refractivity contribution < 1.29 is 28.2 Å². The van der Waals surface area contributed by atoms with Crippen LogP contribution in [-0.4, -0.2) is 50.3 Å². The summed E-state index contributed by atoms with van der Waals surface area (Å²) in [6.07, 6.45) is -1.31. The van der Waals surface area contributed by atoms with Crippen LogP contribution in [0.25, 0.3) is 11.2 Å². The van der Waals surface area contributed by atoms with Gasteiger partial charge in [0.15, 0.2) is 11.9 Å². The van der Waals surface area contributed by atoms with E-state index in [2.05, 4.69) is 30.9 Å². The summed E-state index contributed by atoms with van der Waals surface area (Å²) in [6, 6.07) is 8.56. The van der Waals surface area contributed by atoms with Crippen LogP contribution in [0.2, 0.25) is 0 Å². The monoisotopic (exact) mass is 478 g/mol. The van der Waals surface area contributed by atoms with E-state index in [1.807, 2.05) is 0 Å². The molecule has 0 unspecified atom stereocenters. The lowest BCUT2D eigenvalue weighted by Gasteiger charge is -2.19. The lowest BCUT2D eigenvalue weighted by molar-refractivity contribution is -0.152. The first-order chi connectivity index (χ1) is 14.4. The number of ether oxygens (including phenoxy) is 3. The molecule has 1 aliphatic rings. The van der Waals surface area contributed by atoms with E-state index in [0.29, 0.717) is 11.1 Å². The maximum atomic E-state index is 13.7. The molecular formula is C19H16BrFN4O5. The van der Waals surface area contributed by atoms with Gasteiger partial charge in [-0.25, -0.2) is 9.78 Å². The molecule has 0 spiro atoms. The molecule has 0 aliphatic carbocycles. The molecule has 1 saturated heterocycles. The van der Waals surface area contributed by atoms with Crippen LogP contribution in [0, 0.1) is 6.08 Å². The molecule has 0 saturated carbocycles. The van der Waals surface area contributed by atoms with Crippen molar-refractivity contribution in [2.75, 3.05) is 6.61 Å². The van der Waals surface area contributed by atoms with E-state index in [1.165, 1.54) is 17.8 Å². The molecule has 156 valence electrons. The molecule has 4 rings (SSSR count). The summed E-state index contributed by atoms with van der Waals surface area (Å²) in [6.45, 7) is 1.24. The standard InChI is InChI=1S/C19H16BrFN4O5/c1-10(26)29-13-7-12(8-28-18(27)11-5-3-2-4-6-11)30-17(13)25-9-22-14-15(20)23-19(21)24-16(14)25/h2-6,9,12-13,17H,7-8H2,1H3/t12-,13+,17+/m0/s1. The second-order valence-electron chi connectivity index (χ2n) is 6.60. The predicted molar refractivity (Wildman–Crippen MR) is 104 cm³/mol. The van der Waals surface area contributed by atoms with Crippen LogP contribution < -0.4 is 0 Å². The third-order valence-electron chi connectivity index (χ3n) is 4.50. The van der Waals surface area contributed by atoms with E-state index < -0.39 is 36.5 Å². The maximum absolute atomic E-state index is 13.7. The summed E-state index contributed by atoms with van der Waals surface area (Å²) in [4.78, 5) is 35.3. The first-order valence-electron chi connectivity index (χ1n) is 9.03. The summed E-state index contributed by atoms with van der Waals surface area (Å²) in [7, 11) is 0. The van der Waals surface area contributed by atoms with Crippen molar-refractivity contribution in [1.29, 1.82) is 0 Å². The number of imidazole rings is 1. The van der Waals surface area contributed by atoms with Crippen molar-refractivity contribution in [3.8, 4) is 0 Å². The molecule has 3 atom stereocenters. The number of fused-ring (bicyclic) bond motifs is 1. The molecule has 0 N–H and O–H groups in total. The summed E-state index contributed by atoms with van der Waals surface area (Å²) in [5.74, 6) is -0.986. The minimum atomic E-state index is -0.938. The van der Waals surface area contributed by atoms with E-state index in [9.17, 15) is 14.0 Å². The second-order valence-corrected chi connectivity index (χ2v) is 7.36. The molecule has 11 heteroatoms. The Balaban J connectivity index is 1.54. The molecule has 3 aromatic rings. The molecular weight excluding hydrogens is 463 g/mol. The Labute approximate surface area is 178 Å². The van der Waals surface area contributed by atoms with Gasteiger partial charge < -0.3 is 14.2 Å². The minimum absolute atomic E-state index is 0.0400. The highest BCUT2D eigenvalue weighted by Gasteiger charge is 2.40. The van der Waals surface area contributed by atoms with Gasteiger partial charge in [-0.05, 0) is 28.1 Å². The number of halogens is 2. The highest BCUT2D eigenvalue weighted by atomic mass is 79.9. The number of rotatable bonds is 5. The summed E-state index contributed by atoms with van der Waals surface area (Å²) in [5.41, 5.74) is 0.931. The fourth-order valence-corrected chi connectivity index (χ4v) is 3.68. The molecule has 30 heavy (non-hydrogen) atoms. The van der Waals surface area contributed by atoms with Gasteiger partial charge in [0.1, 0.15) is 22.8 Å². The number of hydrogen-bond donors (Lipinski definition) is 0. The zero-order valence-electron chi connectivity index (χ0n) is 15.7. The summed E-state index contributed by atoms with van der Waals surface area (Å²) >= 11 is 3.15. The summed E-state index contributed by atoms with van der Waals surface area (Å²) in [5, 5.41) is 0. The van der Waals surface area contributed by atoms with Crippen LogP contribution in [0.15, 0.2) is 41.3 Å². The number of nitrogens with zero attached hydrogens (tertiary/aromatic N) is 4. The third kappa shape index (κ3) is 4.17. The van der Waals surface area contributed by atoms with Crippen molar-refractivity contribution in [2.45, 2.75) is 31.8 Å². The third-order valence-corrected chi connectivity index (χ3v) is 5.05. The normalized spacial score (nSPS) is 21.0. The van der Waals surface area contributed by atoms with Gasteiger partial charge in [-0.3, -0.25) is 9.36 Å². The number of esters is 2. The van der Waals surface area contributed by atoms with Crippen molar-refractivity contribution in [3.63, 3.8) is 0 Å². The first-order valence-corrected chi connectivity index (χ1v) is 9.82. The highest BCUT2D eigenvalue weighted by molar-refractivity contribution is 9.10. The largest absolute Gasteiger partial charge is 0.459 e. The predicted octanol–water partition coefficient (Wildman–Crippen LogP) is 2.80. The fourth-order valence-electron chi connectivity index (χ4n) is 3.26. The average molecular weight is 479 g/mol. The van der Waals surface area contributed by atoms with Crippen LogP contribution in [0.1, 0.15) is 29.9 Å². The SMILES string of the molecule is CC(=O)O[C@@H]1C[C@@H](COC(=O)c2ccccc2)O[C@H]1n1cnc2c(Br)nc(F)nc21. The van der Waals surface area contributed by atoms with Gasteiger partial charge in [0.05, 0.1) is 18.0 Å². The zero-order valence-corrected chi connectivity index (χ0v) is 17.3. The fraction of sp³-hybridized carbons (Fsp3) is 0.316. The quantitative estimate of drug-likeness (QED) is 0.313.